The highest BCUT2D eigenvalue weighted by Crippen LogP contribution is 2.30. The number of nitrogens with zero attached hydrogens (tertiary/aromatic N) is 1. The molecule has 4 nitrogen and oxygen atoms in total. The van der Waals surface area contributed by atoms with Gasteiger partial charge in [-0.25, -0.2) is 0 Å². The van der Waals surface area contributed by atoms with Crippen molar-refractivity contribution in [2.45, 2.75) is 25.8 Å². The van der Waals surface area contributed by atoms with Crippen molar-refractivity contribution >= 4 is 5.69 Å². The Labute approximate surface area is 128 Å². The maximum atomic E-state index is 5.66. The average molecular weight is 292 g/mol. The highest BCUT2D eigenvalue weighted by molar-refractivity contribution is 5.59. The van der Waals surface area contributed by atoms with Gasteiger partial charge in [-0.05, 0) is 44.0 Å². The Morgan fingerprint density at radius 3 is 2.90 bits per heavy atom. The van der Waals surface area contributed by atoms with Crippen molar-refractivity contribution in [3.63, 3.8) is 0 Å². The summed E-state index contributed by atoms with van der Waals surface area (Å²) in [6.07, 6.45) is 2.11. The largest absolute Gasteiger partial charge is 0.385 e. The standard InChI is InChI=1S/C17H28N2O2/c1-14(18-2)15-5-6-17-16(13-15)7-8-19(17)9-12-21-11-4-10-20-3/h5-6,13-14,18H,4,7-12H2,1-3H3. The SMILES string of the molecule is CNC(C)c1ccc2c(c1)CCN2CCOCCCOC. The van der Waals surface area contributed by atoms with Crippen LogP contribution in [0, 0.1) is 0 Å². The first-order valence-corrected chi connectivity index (χ1v) is 7.88. The minimum atomic E-state index is 0.411. The van der Waals surface area contributed by atoms with Crippen LogP contribution in [0.4, 0.5) is 5.69 Å². The van der Waals surface area contributed by atoms with E-state index in [4.69, 9.17) is 9.47 Å². The maximum absolute atomic E-state index is 5.66. The van der Waals surface area contributed by atoms with Crippen molar-refractivity contribution < 1.29 is 9.47 Å². The fourth-order valence-electron chi connectivity index (χ4n) is 2.74. The van der Waals surface area contributed by atoms with Crippen LogP contribution in [0.2, 0.25) is 0 Å². The molecule has 1 aromatic rings. The van der Waals surface area contributed by atoms with Crippen LogP contribution in [-0.4, -0.2) is 47.1 Å². The van der Waals surface area contributed by atoms with Crippen LogP contribution in [0.25, 0.3) is 0 Å². The number of methoxy groups -OCH3 is 1. The van der Waals surface area contributed by atoms with Gasteiger partial charge in [-0.15, -0.1) is 0 Å². The smallest absolute Gasteiger partial charge is 0.0641 e. The summed E-state index contributed by atoms with van der Waals surface area (Å²) in [5, 5.41) is 3.30. The second-order valence-electron chi connectivity index (χ2n) is 5.59. The molecule has 1 unspecified atom stereocenters. The van der Waals surface area contributed by atoms with Crippen LogP contribution in [0.5, 0.6) is 0 Å². The van der Waals surface area contributed by atoms with Crippen molar-refractivity contribution in [1.29, 1.82) is 0 Å². The number of hydrogen-bond acceptors (Lipinski definition) is 4. The molecule has 118 valence electrons. The number of nitrogens with one attached hydrogen (secondary N) is 1. The second-order valence-corrected chi connectivity index (χ2v) is 5.59. The Balaban J connectivity index is 1.82. The summed E-state index contributed by atoms with van der Waals surface area (Å²) in [7, 11) is 3.73. The van der Waals surface area contributed by atoms with Gasteiger partial charge in [-0.2, -0.15) is 0 Å². The minimum absolute atomic E-state index is 0.411. The van der Waals surface area contributed by atoms with Gasteiger partial charge in [0.1, 0.15) is 0 Å². The molecule has 0 saturated carbocycles. The summed E-state index contributed by atoms with van der Waals surface area (Å²) in [5.74, 6) is 0. The predicted molar refractivity (Wildman–Crippen MR) is 87.1 cm³/mol. The Morgan fingerprint density at radius 1 is 1.29 bits per heavy atom. The lowest BCUT2D eigenvalue weighted by Gasteiger charge is -2.20. The van der Waals surface area contributed by atoms with E-state index in [1.54, 1.807) is 7.11 Å². The third kappa shape index (κ3) is 4.43. The van der Waals surface area contributed by atoms with E-state index in [0.717, 1.165) is 45.8 Å². The monoisotopic (exact) mass is 292 g/mol. The molecule has 1 aliphatic heterocycles. The maximum Gasteiger partial charge on any atom is 0.0641 e. The normalized spacial score (nSPS) is 15.3. The minimum Gasteiger partial charge on any atom is -0.385 e. The van der Waals surface area contributed by atoms with Gasteiger partial charge in [0.2, 0.25) is 0 Å². The third-order valence-corrected chi connectivity index (χ3v) is 4.17. The van der Waals surface area contributed by atoms with Crippen LogP contribution in [0.15, 0.2) is 18.2 Å². The molecule has 4 heteroatoms. The zero-order valence-electron chi connectivity index (χ0n) is 13.5. The topological polar surface area (TPSA) is 33.7 Å². The molecule has 0 spiro atoms. The molecule has 21 heavy (non-hydrogen) atoms. The Bertz CT molecular complexity index is 437. The number of rotatable bonds is 9. The zero-order chi connectivity index (χ0) is 15.1. The number of fused-ring (bicyclic) bond motifs is 1. The van der Waals surface area contributed by atoms with Gasteiger partial charge in [0.25, 0.3) is 0 Å². The zero-order valence-corrected chi connectivity index (χ0v) is 13.5. The van der Waals surface area contributed by atoms with Gasteiger partial charge >= 0.3 is 0 Å². The quantitative estimate of drug-likeness (QED) is 0.709. The molecule has 1 heterocycles. The van der Waals surface area contributed by atoms with Crippen molar-refractivity contribution in [2.75, 3.05) is 52.0 Å². The number of ether oxygens (including phenoxy) is 2. The van der Waals surface area contributed by atoms with Crippen LogP contribution in [0.3, 0.4) is 0 Å². The lowest BCUT2D eigenvalue weighted by Crippen LogP contribution is -2.25. The van der Waals surface area contributed by atoms with Gasteiger partial charge in [0.15, 0.2) is 0 Å². The van der Waals surface area contributed by atoms with E-state index in [9.17, 15) is 0 Å². The summed E-state index contributed by atoms with van der Waals surface area (Å²) in [6, 6.07) is 7.25. The summed E-state index contributed by atoms with van der Waals surface area (Å²) in [4.78, 5) is 2.43. The highest BCUT2D eigenvalue weighted by Gasteiger charge is 2.19. The van der Waals surface area contributed by atoms with Crippen LogP contribution in [-0.2, 0) is 15.9 Å². The molecule has 2 rings (SSSR count). The van der Waals surface area contributed by atoms with E-state index in [0.29, 0.717) is 6.04 Å². The molecule has 0 aromatic heterocycles. The fourth-order valence-corrected chi connectivity index (χ4v) is 2.74. The molecule has 1 N–H and O–H groups in total. The van der Waals surface area contributed by atoms with Gasteiger partial charge in [-0.1, -0.05) is 12.1 Å². The Hall–Kier alpha value is -1.10. The summed E-state index contributed by atoms with van der Waals surface area (Å²) in [6.45, 7) is 6.63. The summed E-state index contributed by atoms with van der Waals surface area (Å²) < 4.78 is 10.7. The van der Waals surface area contributed by atoms with E-state index < -0.39 is 0 Å². The predicted octanol–water partition coefficient (Wildman–Crippen LogP) is 2.38. The fraction of sp³-hybridized carbons (Fsp3) is 0.647. The molecular weight excluding hydrogens is 264 g/mol. The first kappa shape index (κ1) is 16.3. The summed E-state index contributed by atoms with van der Waals surface area (Å²) >= 11 is 0. The van der Waals surface area contributed by atoms with E-state index in [1.807, 2.05) is 7.05 Å². The highest BCUT2D eigenvalue weighted by atomic mass is 16.5. The molecule has 1 aromatic carbocycles. The van der Waals surface area contributed by atoms with E-state index in [-0.39, 0.29) is 0 Å². The van der Waals surface area contributed by atoms with E-state index >= 15 is 0 Å². The van der Waals surface area contributed by atoms with E-state index in [1.165, 1.54) is 16.8 Å². The lowest BCUT2D eigenvalue weighted by atomic mass is 10.0. The third-order valence-electron chi connectivity index (χ3n) is 4.17. The molecule has 0 amide bonds. The van der Waals surface area contributed by atoms with E-state index in [2.05, 4.69) is 35.3 Å². The average Bonchev–Trinajstić information content (AvgIpc) is 2.92. The number of hydrogen-bond donors (Lipinski definition) is 1. The second kappa shape index (κ2) is 8.37. The first-order valence-electron chi connectivity index (χ1n) is 7.88. The van der Waals surface area contributed by atoms with Crippen molar-refractivity contribution in [3.05, 3.63) is 29.3 Å². The summed E-state index contributed by atoms with van der Waals surface area (Å²) in [5.41, 5.74) is 4.21. The molecule has 0 fully saturated rings. The van der Waals surface area contributed by atoms with Crippen LogP contribution >= 0.6 is 0 Å². The van der Waals surface area contributed by atoms with Crippen molar-refractivity contribution in [3.8, 4) is 0 Å². The Kier molecular flexibility index (Phi) is 6.49. The number of anilines is 1. The van der Waals surface area contributed by atoms with Gasteiger partial charge in [0.05, 0.1) is 6.61 Å². The molecular formula is C17H28N2O2. The first-order chi connectivity index (χ1) is 10.3. The van der Waals surface area contributed by atoms with Gasteiger partial charge in [-0.3, -0.25) is 0 Å². The molecule has 0 saturated heterocycles. The molecule has 0 bridgehead atoms. The Morgan fingerprint density at radius 2 is 2.14 bits per heavy atom. The van der Waals surface area contributed by atoms with Gasteiger partial charge in [0, 0.05) is 45.1 Å². The van der Waals surface area contributed by atoms with Crippen molar-refractivity contribution in [1.82, 2.24) is 5.32 Å². The van der Waals surface area contributed by atoms with Crippen LogP contribution < -0.4 is 10.2 Å². The van der Waals surface area contributed by atoms with Crippen molar-refractivity contribution in [2.24, 2.45) is 0 Å². The molecule has 0 aliphatic carbocycles. The lowest BCUT2D eigenvalue weighted by molar-refractivity contribution is 0.107. The molecule has 1 atom stereocenters. The molecule has 0 radical (unpaired) electrons. The molecule has 1 aliphatic rings. The van der Waals surface area contributed by atoms with Gasteiger partial charge < -0.3 is 19.7 Å². The number of benzene rings is 1. The van der Waals surface area contributed by atoms with Crippen LogP contribution in [0.1, 0.15) is 30.5 Å².